The summed E-state index contributed by atoms with van der Waals surface area (Å²) in [6, 6.07) is 80.5. The molecule has 0 bridgehead atoms. The molecular formula is C58H36N2S. The fourth-order valence-corrected chi connectivity index (χ4v) is 10.9. The summed E-state index contributed by atoms with van der Waals surface area (Å²) in [6.45, 7) is 0. The van der Waals surface area contributed by atoms with Crippen LogP contribution in [0.15, 0.2) is 218 Å². The number of thiophene rings is 1. The third kappa shape index (κ3) is 5.34. The van der Waals surface area contributed by atoms with Crippen LogP contribution in [0.2, 0.25) is 0 Å². The van der Waals surface area contributed by atoms with E-state index in [-0.39, 0.29) is 0 Å². The van der Waals surface area contributed by atoms with Gasteiger partial charge in [-0.2, -0.15) is 0 Å². The molecule has 0 radical (unpaired) electrons. The summed E-state index contributed by atoms with van der Waals surface area (Å²) in [5, 5.41) is 10.2. The maximum absolute atomic E-state index is 2.45. The molecule has 0 aliphatic heterocycles. The largest absolute Gasteiger partial charge is 0.309 e. The molecule has 0 aliphatic carbocycles. The highest BCUT2D eigenvalue weighted by atomic mass is 32.1. The third-order valence-corrected chi connectivity index (χ3v) is 13.9. The summed E-state index contributed by atoms with van der Waals surface area (Å²) in [7, 11) is 0. The molecule has 0 spiro atoms. The van der Waals surface area contributed by atoms with Crippen LogP contribution in [-0.2, 0) is 0 Å². The average Bonchev–Trinajstić information content (AvgIpc) is 3.98. The van der Waals surface area contributed by atoms with E-state index in [0.29, 0.717) is 0 Å². The molecule has 3 heterocycles. The first-order valence-corrected chi connectivity index (χ1v) is 21.7. The van der Waals surface area contributed by atoms with E-state index in [0.717, 1.165) is 0 Å². The van der Waals surface area contributed by atoms with Gasteiger partial charge in [0, 0.05) is 53.1 Å². The van der Waals surface area contributed by atoms with Crippen LogP contribution in [0, 0.1) is 0 Å². The quantitative estimate of drug-likeness (QED) is 0.164. The number of para-hydroxylation sites is 3. The first kappa shape index (κ1) is 34.2. The number of aromatic nitrogens is 2. The van der Waals surface area contributed by atoms with Gasteiger partial charge in [-0.15, -0.1) is 11.3 Å². The average molecular weight is 793 g/mol. The molecule has 0 saturated heterocycles. The number of hydrogen-bond acceptors (Lipinski definition) is 1. The van der Waals surface area contributed by atoms with Gasteiger partial charge in [0.15, 0.2) is 0 Å². The summed E-state index contributed by atoms with van der Waals surface area (Å²) < 4.78 is 7.44. The number of nitrogens with zero attached hydrogens (tertiary/aromatic N) is 2. The van der Waals surface area contributed by atoms with E-state index in [2.05, 4.69) is 228 Å². The topological polar surface area (TPSA) is 9.86 Å². The second kappa shape index (κ2) is 13.4. The molecule has 0 amide bonds. The minimum absolute atomic E-state index is 1.17. The monoisotopic (exact) mass is 792 g/mol. The van der Waals surface area contributed by atoms with E-state index in [1.807, 2.05) is 11.3 Å². The van der Waals surface area contributed by atoms with Crippen molar-refractivity contribution in [2.75, 3.05) is 0 Å². The minimum atomic E-state index is 1.17. The van der Waals surface area contributed by atoms with Gasteiger partial charge in [-0.05, 0) is 129 Å². The van der Waals surface area contributed by atoms with Crippen molar-refractivity contribution in [2.45, 2.75) is 0 Å². The number of fused-ring (bicyclic) bond motifs is 10. The molecule has 61 heavy (non-hydrogen) atoms. The van der Waals surface area contributed by atoms with Gasteiger partial charge in [0.1, 0.15) is 0 Å². The van der Waals surface area contributed by atoms with Crippen LogP contribution in [0.5, 0.6) is 0 Å². The fraction of sp³-hybridized carbons (Fsp3) is 0. The van der Waals surface area contributed by atoms with E-state index < -0.39 is 0 Å². The second-order valence-corrected chi connectivity index (χ2v) is 17.2. The van der Waals surface area contributed by atoms with E-state index in [9.17, 15) is 0 Å². The van der Waals surface area contributed by atoms with Gasteiger partial charge in [0.2, 0.25) is 0 Å². The van der Waals surface area contributed by atoms with Crippen molar-refractivity contribution in [3.05, 3.63) is 218 Å². The van der Waals surface area contributed by atoms with Crippen molar-refractivity contribution in [3.8, 4) is 44.8 Å². The maximum Gasteiger partial charge on any atom is 0.0541 e. The molecule has 284 valence electrons. The van der Waals surface area contributed by atoms with Gasteiger partial charge < -0.3 is 9.13 Å². The van der Waals surface area contributed by atoms with Crippen LogP contribution in [0.25, 0.3) is 119 Å². The molecule has 0 saturated carbocycles. The van der Waals surface area contributed by atoms with Crippen LogP contribution in [0.4, 0.5) is 0 Å². The molecule has 3 aromatic heterocycles. The lowest BCUT2D eigenvalue weighted by Gasteiger charge is -2.10. The lowest BCUT2D eigenvalue weighted by atomic mass is 9.97. The zero-order chi connectivity index (χ0) is 40.0. The molecule has 13 rings (SSSR count). The summed E-state index contributed by atoms with van der Waals surface area (Å²) in [4.78, 5) is 0. The van der Waals surface area contributed by atoms with Gasteiger partial charge in [-0.1, -0.05) is 133 Å². The standard InChI is InChI=1S/C58H36N2S/c1-2-16-43(17-3-1)59-53-22-8-6-19-47(53)49-33-40(24-28-55(49)59)38-14-10-15-39(32-38)41-25-29-56-50(34-41)48-20-7-9-23-54(48)60(56)44-27-31-58-52(36-44)51-35-42(26-30-57(51)61-58)46-21-11-13-37-12-4-5-18-45(37)46/h1-36H. The van der Waals surface area contributed by atoms with E-state index in [1.54, 1.807) is 0 Å². The van der Waals surface area contributed by atoms with Crippen molar-refractivity contribution in [3.63, 3.8) is 0 Å². The van der Waals surface area contributed by atoms with Gasteiger partial charge in [-0.3, -0.25) is 0 Å². The summed E-state index contributed by atoms with van der Waals surface area (Å²) >= 11 is 1.87. The summed E-state index contributed by atoms with van der Waals surface area (Å²) in [5.74, 6) is 0. The molecule has 10 aromatic carbocycles. The smallest absolute Gasteiger partial charge is 0.0541 e. The Labute approximate surface area is 356 Å². The van der Waals surface area contributed by atoms with Gasteiger partial charge in [0.25, 0.3) is 0 Å². The van der Waals surface area contributed by atoms with Gasteiger partial charge >= 0.3 is 0 Å². The predicted molar refractivity (Wildman–Crippen MR) is 262 cm³/mol. The third-order valence-electron chi connectivity index (χ3n) is 12.7. The normalized spacial score (nSPS) is 11.9. The van der Waals surface area contributed by atoms with E-state index in [4.69, 9.17) is 0 Å². The Morgan fingerprint density at radius 1 is 0.262 bits per heavy atom. The van der Waals surface area contributed by atoms with Crippen molar-refractivity contribution in [2.24, 2.45) is 0 Å². The summed E-state index contributed by atoms with van der Waals surface area (Å²) in [5.41, 5.74) is 14.5. The molecule has 0 atom stereocenters. The molecule has 13 aromatic rings. The molecule has 0 fully saturated rings. The maximum atomic E-state index is 2.45. The van der Waals surface area contributed by atoms with Crippen LogP contribution < -0.4 is 0 Å². The van der Waals surface area contributed by atoms with Crippen molar-refractivity contribution < 1.29 is 0 Å². The van der Waals surface area contributed by atoms with Crippen LogP contribution >= 0.6 is 11.3 Å². The highest BCUT2D eigenvalue weighted by Crippen LogP contribution is 2.42. The molecule has 2 nitrogen and oxygen atoms in total. The molecule has 3 heteroatoms. The Hall–Kier alpha value is -7.72. The first-order chi connectivity index (χ1) is 30.2. The van der Waals surface area contributed by atoms with E-state index >= 15 is 0 Å². The van der Waals surface area contributed by atoms with Crippen LogP contribution in [-0.4, -0.2) is 9.13 Å². The molecular weight excluding hydrogens is 757 g/mol. The zero-order valence-corrected chi connectivity index (χ0v) is 33.9. The number of rotatable bonds is 5. The number of hydrogen-bond donors (Lipinski definition) is 0. The minimum Gasteiger partial charge on any atom is -0.309 e. The predicted octanol–water partition coefficient (Wildman–Crippen LogP) is 16.4. The van der Waals surface area contributed by atoms with Crippen LogP contribution in [0.3, 0.4) is 0 Å². The van der Waals surface area contributed by atoms with Crippen molar-refractivity contribution in [1.82, 2.24) is 9.13 Å². The Morgan fingerprint density at radius 3 is 1.46 bits per heavy atom. The lowest BCUT2D eigenvalue weighted by Crippen LogP contribution is -1.93. The Kier molecular flexibility index (Phi) is 7.51. The van der Waals surface area contributed by atoms with Crippen molar-refractivity contribution >= 4 is 85.9 Å². The number of benzene rings is 10. The Morgan fingerprint density at radius 2 is 0.754 bits per heavy atom. The summed E-state index contributed by atoms with van der Waals surface area (Å²) in [6.07, 6.45) is 0. The van der Waals surface area contributed by atoms with E-state index in [1.165, 1.54) is 119 Å². The Bertz CT molecular complexity index is 3880. The van der Waals surface area contributed by atoms with Crippen LogP contribution in [0.1, 0.15) is 0 Å². The highest BCUT2D eigenvalue weighted by Gasteiger charge is 2.17. The van der Waals surface area contributed by atoms with Crippen molar-refractivity contribution in [1.29, 1.82) is 0 Å². The molecule has 0 aliphatic rings. The highest BCUT2D eigenvalue weighted by molar-refractivity contribution is 7.25. The molecule has 0 N–H and O–H groups in total. The van der Waals surface area contributed by atoms with Gasteiger partial charge in [0.05, 0.1) is 22.1 Å². The fourth-order valence-electron chi connectivity index (χ4n) is 9.87. The molecule has 0 unspecified atom stereocenters. The second-order valence-electron chi connectivity index (χ2n) is 16.1. The van der Waals surface area contributed by atoms with Gasteiger partial charge in [-0.25, -0.2) is 0 Å². The lowest BCUT2D eigenvalue weighted by molar-refractivity contribution is 1.18. The first-order valence-electron chi connectivity index (χ1n) is 20.9. The zero-order valence-electron chi connectivity index (χ0n) is 33.1. The SMILES string of the molecule is c1ccc(-n2c3ccccc3c3cc(-c4cccc(-c5ccc6c(c5)c5ccccc5n6-c5ccc6sc7ccc(-c8cccc9ccccc89)cc7c6c5)c4)ccc32)cc1. The Balaban J connectivity index is 0.914.